The van der Waals surface area contributed by atoms with E-state index in [0.717, 1.165) is 0 Å². The first-order valence-electron chi connectivity index (χ1n) is 2.41. The monoisotopic (exact) mass is 232 g/mol. The minimum absolute atomic E-state index is 0. The van der Waals surface area contributed by atoms with Gasteiger partial charge >= 0.3 is 0 Å². The van der Waals surface area contributed by atoms with Gasteiger partial charge in [-0.15, -0.1) is 0 Å². The van der Waals surface area contributed by atoms with Gasteiger partial charge < -0.3 is 0 Å². The molecule has 0 aliphatic rings. The zero-order chi connectivity index (χ0) is 5.11. The second-order valence-electron chi connectivity index (χ2n) is 1.65. The summed E-state index contributed by atoms with van der Waals surface area (Å²) in [5, 5.41) is 0. The average molecular weight is 232 g/mol. The van der Waals surface area contributed by atoms with E-state index < -0.39 is 0 Å². The van der Waals surface area contributed by atoms with Crippen molar-refractivity contribution < 1.29 is 41.7 Å². The summed E-state index contributed by atoms with van der Waals surface area (Å²) in [6, 6.07) is 10.3. The van der Waals surface area contributed by atoms with E-state index in [1.54, 1.807) is 0 Å². The minimum atomic E-state index is 0. The molecule has 0 saturated heterocycles. The Morgan fingerprint density at radius 2 is 1.50 bits per heavy atom. The maximum Gasteiger partial charge on any atom is 0 e. The minimum Gasteiger partial charge on any atom is -0.0622 e. The van der Waals surface area contributed by atoms with E-state index in [0.29, 0.717) is 0 Å². The van der Waals surface area contributed by atoms with Crippen molar-refractivity contribution in [2.45, 2.75) is 6.92 Å². The van der Waals surface area contributed by atoms with Crippen LogP contribution in [0, 0.1) is 48.7 Å². The van der Waals surface area contributed by atoms with Gasteiger partial charge in [-0.25, -0.2) is 0 Å². The molecule has 0 aliphatic heterocycles. The van der Waals surface area contributed by atoms with Crippen molar-refractivity contribution in [3.8, 4) is 0 Å². The molecule has 1 heteroatoms. The van der Waals surface area contributed by atoms with Crippen LogP contribution in [-0.4, -0.2) is 0 Å². The molecule has 0 bridgehead atoms. The Morgan fingerprint density at radius 1 is 1.00 bits per heavy atom. The molecule has 0 heterocycles. The zero-order valence-corrected chi connectivity index (χ0v) is 8.03. The molecule has 0 aromatic heterocycles. The summed E-state index contributed by atoms with van der Waals surface area (Å²) < 4.78 is 0. The number of benzene rings is 1. The molecule has 0 radical (unpaired) electrons. The average Bonchev–Trinajstić information content (AvgIpc) is 1.69. The smallest absolute Gasteiger partial charge is 0 e. The third-order valence-electron chi connectivity index (χ3n) is 0.940. The van der Waals surface area contributed by atoms with E-state index in [4.69, 9.17) is 0 Å². The normalized spacial score (nSPS) is 7.62. The Morgan fingerprint density at radius 3 is 1.75 bits per heavy atom. The number of aryl methyl sites for hydroxylation is 1. The van der Waals surface area contributed by atoms with Crippen molar-refractivity contribution in [1.82, 2.24) is 0 Å². The van der Waals surface area contributed by atoms with E-state index in [1.165, 1.54) is 5.56 Å². The van der Waals surface area contributed by atoms with E-state index in [9.17, 15) is 0 Å². The van der Waals surface area contributed by atoms with Crippen LogP contribution in [0.5, 0.6) is 0 Å². The zero-order valence-electron chi connectivity index (χ0n) is 4.89. The standard InChI is InChI=1S/C7H8.Ce/c1-7-5-3-2-4-6-7;/h2-6H,1H3;. The van der Waals surface area contributed by atoms with Crippen LogP contribution in [0.15, 0.2) is 30.3 Å². The molecule has 0 aliphatic carbocycles. The third kappa shape index (κ3) is 2.80. The summed E-state index contributed by atoms with van der Waals surface area (Å²) in [6.45, 7) is 2.08. The summed E-state index contributed by atoms with van der Waals surface area (Å²) in [6.07, 6.45) is 0. The Bertz CT molecular complexity index is 134. The fourth-order valence-corrected chi connectivity index (χ4v) is 0.534. The summed E-state index contributed by atoms with van der Waals surface area (Å²) in [7, 11) is 0. The van der Waals surface area contributed by atoms with Crippen LogP contribution in [0.2, 0.25) is 0 Å². The molecule has 8 heavy (non-hydrogen) atoms. The number of hydrogen-bond acceptors (Lipinski definition) is 0. The van der Waals surface area contributed by atoms with E-state index in [-0.39, 0.29) is 41.7 Å². The van der Waals surface area contributed by atoms with Crippen molar-refractivity contribution in [3.63, 3.8) is 0 Å². The molecule has 1 aromatic carbocycles. The van der Waals surface area contributed by atoms with Gasteiger partial charge in [-0.3, -0.25) is 0 Å². The van der Waals surface area contributed by atoms with Crippen LogP contribution < -0.4 is 0 Å². The Hall–Kier alpha value is 0.597. The van der Waals surface area contributed by atoms with Gasteiger partial charge in [0, 0.05) is 41.7 Å². The molecule has 0 spiro atoms. The summed E-state index contributed by atoms with van der Waals surface area (Å²) >= 11 is 0. The molecule has 1 aromatic rings. The molecular formula is C7H8Ce. The van der Waals surface area contributed by atoms with Crippen LogP contribution in [-0.2, 0) is 0 Å². The van der Waals surface area contributed by atoms with Gasteiger partial charge in [0.1, 0.15) is 0 Å². The van der Waals surface area contributed by atoms with Crippen LogP contribution >= 0.6 is 0 Å². The van der Waals surface area contributed by atoms with Gasteiger partial charge in [0.2, 0.25) is 0 Å². The molecule has 1 rings (SSSR count). The van der Waals surface area contributed by atoms with Crippen molar-refractivity contribution in [2.75, 3.05) is 0 Å². The fraction of sp³-hybridized carbons (Fsp3) is 0.143. The fourth-order valence-electron chi connectivity index (χ4n) is 0.534. The number of hydrogen-bond donors (Lipinski definition) is 0. The molecule has 0 unspecified atom stereocenters. The molecule has 0 fully saturated rings. The van der Waals surface area contributed by atoms with Crippen molar-refractivity contribution >= 4 is 0 Å². The first-order valence-corrected chi connectivity index (χ1v) is 2.41. The SMILES string of the molecule is Cc1ccccc1.[Ce]. The summed E-state index contributed by atoms with van der Waals surface area (Å²) in [4.78, 5) is 0. The van der Waals surface area contributed by atoms with Gasteiger partial charge in [0.15, 0.2) is 0 Å². The van der Waals surface area contributed by atoms with Gasteiger partial charge in [0.25, 0.3) is 0 Å². The molecule has 0 nitrogen and oxygen atoms in total. The van der Waals surface area contributed by atoms with Gasteiger partial charge in [0.05, 0.1) is 0 Å². The molecule has 0 saturated carbocycles. The van der Waals surface area contributed by atoms with Crippen LogP contribution in [0.3, 0.4) is 0 Å². The largest absolute Gasteiger partial charge is 0.0622 e. The molecule has 40 valence electrons. The second-order valence-corrected chi connectivity index (χ2v) is 1.65. The molecule has 0 amide bonds. The van der Waals surface area contributed by atoms with Gasteiger partial charge in [-0.1, -0.05) is 35.9 Å². The maximum atomic E-state index is 2.08. The van der Waals surface area contributed by atoms with Crippen molar-refractivity contribution in [1.29, 1.82) is 0 Å². The first kappa shape index (κ1) is 8.60. The molecular weight excluding hydrogens is 224 g/mol. The Kier molecular flexibility index (Phi) is 4.81. The first-order chi connectivity index (χ1) is 3.39. The van der Waals surface area contributed by atoms with Crippen LogP contribution in [0.1, 0.15) is 5.56 Å². The van der Waals surface area contributed by atoms with E-state index in [2.05, 4.69) is 19.1 Å². The van der Waals surface area contributed by atoms with Gasteiger partial charge in [-0.05, 0) is 6.92 Å². The second kappa shape index (κ2) is 4.47. The predicted octanol–water partition coefficient (Wildman–Crippen LogP) is 2.00. The van der Waals surface area contributed by atoms with E-state index in [1.807, 2.05) is 18.2 Å². The Labute approximate surface area is 83.7 Å². The van der Waals surface area contributed by atoms with Crippen molar-refractivity contribution in [3.05, 3.63) is 35.9 Å². The third-order valence-corrected chi connectivity index (χ3v) is 0.940. The van der Waals surface area contributed by atoms with E-state index >= 15 is 0 Å². The topological polar surface area (TPSA) is 0 Å². The quantitative estimate of drug-likeness (QED) is 0.641. The van der Waals surface area contributed by atoms with Gasteiger partial charge in [-0.2, -0.15) is 0 Å². The maximum absolute atomic E-state index is 2.08. The Balaban J connectivity index is 0.000000490. The van der Waals surface area contributed by atoms with Crippen molar-refractivity contribution in [2.24, 2.45) is 0 Å². The van der Waals surface area contributed by atoms with Crippen LogP contribution in [0.4, 0.5) is 0 Å². The summed E-state index contributed by atoms with van der Waals surface area (Å²) in [5.41, 5.74) is 1.32. The molecule has 0 atom stereocenters. The molecule has 0 N–H and O–H groups in total. The van der Waals surface area contributed by atoms with Crippen LogP contribution in [0.25, 0.3) is 0 Å². The summed E-state index contributed by atoms with van der Waals surface area (Å²) in [5.74, 6) is 0. The predicted molar refractivity (Wildman–Crippen MR) is 31.2 cm³/mol. The number of rotatable bonds is 0.